The van der Waals surface area contributed by atoms with Gasteiger partial charge in [-0.05, 0) is 6.42 Å². The minimum absolute atomic E-state index is 0.0563. The average molecular weight is 191 g/mol. The van der Waals surface area contributed by atoms with Gasteiger partial charge in [0, 0.05) is 12.3 Å². The maximum absolute atomic E-state index is 5.96. The third-order valence-corrected chi connectivity index (χ3v) is 2.17. The topological polar surface area (TPSA) is 69.1 Å². The second-order valence-corrected chi connectivity index (χ2v) is 3.26. The molecule has 5 nitrogen and oxygen atoms in total. The van der Waals surface area contributed by atoms with Crippen LogP contribution < -0.4 is 5.73 Å². The minimum atomic E-state index is -0.0563. The second kappa shape index (κ2) is 3.71. The summed E-state index contributed by atoms with van der Waals surface area (Å²) in [5.41, 5.74) is 6.76. The first-order valence-electron chi connectivity index (χ1n) is 4.73. The molecule has 0 saturated heterocycles. The summed E-state index contributed by atoms with van der Waals surface area (Å²) in [5.74, 6) is 0.787. The Kier molecular flexibility index (Phi) is 2.41. The van der Waals surface area contributed by atoms with Crippen LogP contribution in [0.2, 0.25) is 0 Å². The van der Waals surface area contributed by atoms with Crippen molar-refractivity contribution in [3.05, 3.63) is 24.4 Å². The predicted molar refractivity (Wildman–Crippen MR) is 52.6 cm³/mol. The van der Waals surface area contributed by atoms with Gasteiger partial charge < -0.3 is 5.73 Å². The standard InChI is InChI=1S/C9H13N5/c1-2-3-7(10)9-13-12-8-4-5-11-6-14(8)9/h4-7H,2-3,10H2,1H3. The molecule has 0 spiro atoms. The van der Waals surface area contributed by atoms with E-state index in [9.17, 15) is 0 Å². The molecule has 0 aliphatic heterocycles. The van der Waals surface area contributed by atoms with Crippen LogP contribution in [-0.2, 0) is 0 Å². The van der Waals surface area contributed by atoms with Crippen molar-refractivity contribution in [2.45, 2.75) is 25.8 Å². The van der Waals surface area contributed by atoms with Crippen LogP contribution in [0, 0.1) is 0 Å². The van der Waals surface area contributed by atoms with E-state index in [0.29, 0.717) is 0 Å². The van der Waals surface area contributed by atoms with Crippen molar-refractivity contribution in [2.24, 2.45) is 5.73 Å². The number of aromatic nitrogens is 4. The molecule has 5 heteroatoms. The van der Waals surface area contributed by atoms with E-state index in [1.807, 2.05) is 10.5 Å². The molecule has 0 radical (unpaired) electrons. The van der Waals surface area contributed by atoms with E-state index in [2.05, 4.69) is 22.1 Å². The van der Waals surface area contributed by atoms with Crippen LogP contribution in [-0.4, -0.2) is 19.6 Å². The van der Waals surface area contributed by atoms with Gasteiger partial charge >= 0.3 is 0 Å². The Bertz CT molecular complexity index is 422. The van der Waals surface area contributed by atoms with E-state index < -0.39 is 0 Å². The summed E-state index contributed by atoms with van der Waals surface area (Å²) in [6.45, 7) is 2.10. The van der Waals surface area contributed by atoms with Crippen LogP contribution in [0.1, 0.15) is 31.6 Å². The van der Waals surface area contributed by atoms with Crippen LogP contribution >= 0.6 is 0 Å². The molecule has 2 aromatic heterocycles. The SMILES string of the molecule is CCCC(N)c1nnc2ccncn12. The normalized spacial score (nSPS) is 13.3. The van der Waals surface area contributed by atoms with E-state index in [1.165, 1.54) is 0 Å². The lowest BCUT2D eigenvalue weighted by Gasteiger charge is -2.06. The molecule has 0 bridgehead atoms. The minimum Gasteiger partial charge on any atom is -0.321 e. The van der Waals surface area contributed by atoms with E-state index in [0.717, 1.165) is 24.3 Å². The highest BCUT2D eigenvalue weighted by molar-refractivity contribution is 5.35. The monoisotopic (exact) mass is 191 g/mol. The predicted octanol–water partition coefficient (Wildman–Crippen LogP) is 0.924. The van der Waals surface area contributed by atoms with Crippen molar-refractivity contribution in [1.82, 2.24) is 19.6 Å². The molecule has 74 valence electrons. The zero-order chi connectivity index (χ0) is 9.97. The van der Waals surface area contributed by atoms with Gasteiger partial charge in [0.05, 0.1) is 6.04 Å². The number of nitrogens with zero attached hydrogens (tertiary/aromatic N) is 4. The van der Waals surface area contributed by atoms with Crippen molar-refractivity contribution in [1.29, 1.82) is 0 Å². The van der Waals surface area contributed by atoms with Gasteiger partial charge in [-0.25, -0.2) is 4.98 Å². The summed E-state index contributed by atoms with van der Waals surface area (Å²) in [6.07, 6.45) is 5.34. The molecule has 0 fully saturated rings. The maximum Gasteiger partial charge on any atom is 0.163 e. The summed E-state index contributed by atoms with van der Waals surface area (Å²) in [7, 11) is 0. The summed E-state index contributed by atoms with van der Waals surface area (Å²) in [5, 5.41) is 8.08. The fourth-order valence-corrected chi connectivity index (χ4v) is 1.46. The molecule has 2 N–H and O–H groups in total. The molecular weight excluding hydrogens is 178 g/mol. The Hall–Kier alpha value is -1.49. The van der Waals surface area contributed by atoms with E-state index >= 15 is 0 Å². The summed E-state index contributed by atoms with van der Waals surface area (Å²) < 4.78 is 1.83. The average Bonchev–Trinajstić information content (AvgIpc) is 2.61. The zero-order valence-corrected chi connectivity index (χ0v) is 8.09. The largest absolute Gasteiger partial charge is 0.321 e. The van der Waals surface area contributed by atoms with Gasteiger partial charge in [0.1, 0.15) is 6.33 Å². The number of hydrogen-bond donors (Lipinski definition) is 1. The first kappa shape index (κ1) is 9.08. The molecule has 1 atom stereocenters. The molecule has 2 aromatic rings. The molecular formula is C9H13N5. The highest BCUT2D eigenvalue weighted by Crippen LogP contribution is 2.13. The van der Waals surface area contributed by atoms with Crippen molar-refractivity contribution in [3.8, 4) is 0 Å². The Morgan fingerprint density at radius 3 is 3.14 bits per heavy atom. The van der Waals surface area contributed by atoms with Gasteiger partial charge in [-0.15, -0.1) is 10.2 Å². The lowest BCUT2D eigenvalue weighted by atomic mass is 10.2. The van der Waals surface area contributed by atoms with Crippen molar-refractivity contribution in [2.75, 3.05) is 0 Å². The first-order chi connectivity index (χ1) is 6.83. The summed E-state index contributed by atoms with van der Waals surface area (Å²) in [6, 6.07) is 1.76. The molecule has 0 aliphatic carbocycles. The highest BCUT2D eigenvalue weighted by atomic mass is 15.3. The van der Waals surface area contributed by atoms with Gasteiger partial charge in [0.15, 0.2) is 11.5 Å². The summed E-state index contributed by atoms with van der Waals surface area (Å²) >= 11 is 0. The van der Waals surface area contributed by atoms with E-state index in [-0.39, 0.29) is 6.04 Å². The zero-order valence-electron chi connectivity index (χ0n) is 8.09. The fourth-order valence-electron chi connectivity index (χ4n) is 1.46. The molecule has 0 amide bonds. The third kappa shape index (κ3) is 1.46. The Morgan fingerprint density at radius 1 is 1.50 bits per heavy atom. The Labute approximate surface area is 82.0 Å². The van der Waals surface area contributed by atoms with Gasteiger partial charge in [-0.1, -0.05) is 13.3 Å². The van der Waals surface area contributed by atoms with E-state index in [1.54, 1.807) is 12.5 Å². The van der Waals surface area contributed by atoms with Crippen molar-refractivity contribution < 1.29 is 0 Å². The lowest BCUT2D eigenvalue weighted by molar-refractivity contribution is 0.595. The first-order valence-corrected chi connectivity index (χ1v) is 4.73. The molecule has 0 saturated carbocycles. The molecule has 0 aliphatic rings. The Balaban J connectivity index is 2.42. The summed E-state index contributed by atoms with van der Waals surface area (Å²) in [4.78, 5) is 4.02. The van der Waals surface area contributed by atoms with Crippen LogP contribution in [0.3, 0.4) is 0 Å². The van der Waals surface area contributed by atoms with Crippen molar-refractivity contribution in [3.63, 3.8) is 0 Å². The maximum atomic E-state index is 5.96. The van der Waals surface area contributed by atoms with Crippen molar-refractivity contribution >= 4 is 5.65 Å². The van der Waals surface area contributed by atoms with Gasteiger partial charge in [0.2, 0.25) is 0 Å². The van der Waals surface area contributed by atoms with E-state index in [4.69, 9.17) is 5.73 Å². The number of hydrogen-bond acceptors (Lipinski definition) is 4. The van der Waals surface area contributed by atoms with Crippen LogP contribution in [0.4, 0.5) is 0 Å². The molecule has 14 heavy (non-hydrogen) atoms. The van der Waals surface area contributed by atoms with Gasteiger partial charge in [-0.2, -0.15) is 0 Å². The number of nitrogens with two attached hydrogens (primary N) is 1. The smallest absolute Gasteiger partial charge is 0.163 e. The number of fused-ring (bicyclic) bond motifs is 1. The van der Waals surface area contributed by atoms with Crippen LogP contribution in [0.25, 0.3) is 5.65 Å². The quantitative estimate of drug-likeness (QED) is 0.783. The highest BCUT2D eigenvalue weighted by Gasteiger charge is 2.12. The molecule has 0 aromatic carbocycles. The molecule has 2 rings (SSSR count). The van der Waals surface area contributed by atoms with Gasteiger partial charge in [0.25, 0.3) is 0 Å². The van der Waals surface area contributed by atoms with Crippen LogP contribution in [0.5, 0.6) is 0 Å². The number of rotatable bonds is 3. The lowest BCUT2D eigenvalue weighted by Crippen LogP contribution is -2.13. The fraction of sp³-hybridized carbons (Fsp3) is 0.444. The van der Waals surface area contributed by atoms with Crippen LogP contribution in [0.15, 0.2) is 18.6 Å². The van der Waals surface area contributed by atoms with Gasteiger partial charge in [-0.3, -0.25) is 4.40 Å². The molecule has 2 heterocycles. The second-order valence-electron chi connectivity index (χ2n) is 3.26. The molecule has 1 unspecified atom stereocenters. The Morgan fingerprint density at radius 2 is 2.36 bits per heavy atom. The third-order valence-electron chi connectivity index (χ3n) is 2.17.